The van der Waals surface area contributed by atoms with Crippen LogP contribution in [0.2, 0.25) is 0 Å². The molecule has 1 aromatic heterocycles. The summed E-state index contributed by atoms with van der Waals surface area (Å²) in [7, 11) is 0. The molecule has 2 N–H and O–H groups in total. The highest BCUT2D eigenvalue weighted by molar-refractivity contribution is 5.96. The smallest absolute Gasteiger partial charge is 0.346 e. The number of aromatic amines is 1. The highest BCUT2D eigenvalue weighted by Crippen LogP contribution is 2.07. The van der Waals surface area contributed by atoms with Crippen LogP contribution in [-0.4, -0.2) is 21.3 Å². The van der Waals surface area contributed by atoms with Gasteiger partial charge in [0, 0.05) is 5.39 Å². The van der Waals surface area contributed by atoms with Crippen molar-refractivity contribution in [2.75, 3.05) is 0 Å². The molecule has 0 radical (unpaired) electrons. The van der Waals surface area contributed by atoms with Crippen molar-refractivity contribution >= 4 is 22.9 Å². The average Bonchev–Trinajstić information content (AvgIpc) is 3.02. The fourth-order valence-corrected chi connectivity index (χ4v) is 1.74. The number of H-pyrrole nitrogens is 1. The monoisotopic (exact) mass is 291 g/mol. The number of hydrogen-bond donors (Lipinski definition) is 2. The van der Waals surface area contributed by atoms with E-state index in [2.05, 4.69) is 10.2 Å². The van der Waals surface area contributed by atoms with Gasteiger partial charge in [-0.1, -0.05) is 48.5 Å². The molecule has 0 aliphatic rings. The Kier molecular flexibility index (Phi) is 5.05. The van der Waals surface area contributed by atoms with Crippen LogP contribution >= 0.6 is 0 Å². The van der Waals surface area contributed by atoms with Gasteiger partial charge < -0.3 is 5.11 Å². The van der Waals surface area contributed by atoms with Crippen molar-refractivity contribution in [3.63, 3.8) is 0 Å². The van der Waals surface area contributed by atoms with E-state index in [-0.39, 0.29) is 5.57 Å². The van der Waals surface area contributed by atoms with Gasteiger partial charge in [-0.2, -0.15) is 10.4 Å². The fourth-order valence-electron chi connectivity index (χ4n) is 1.74. The Bertz CT molecular complexity index is 799. The molecular formula is C17H13N3O2. The van der Waals surface area contributed by atoms with Crippen LogP contribution in [-0.2, 0) is 4.79 Å². The zero-order valence-corrected chi connectivity index (χ0v) is 11.6. The molecule has 2 aromatic carbocycles. The third-order valence-electron chi connectivity index (χ3n) is 2.81. The van der Waals surface area contributed by atoms with Crippen LogP contribution in [0.25, 0.3) is 17.0 Å². The van der Waals surface area contributed by atoms with E-state index in [1.165, 1.54) is 6.08 Å². The van der Waals surface area contributed by atoms with Crippen molar-refractivity contribution in [2.45, 2.75) is 0 Å². The molecule has 22 heavy (non-hydrogen) atoms. The number of hydrogen-bond acceptors (Lipinski definition) is 3. The first-order valence-corrected chi connectivity index (χ1v) is 6.49. The van der Waals surface area contributed by atoms with Crippen LogP contribution in [0.15, 0.2) is 66.4 Å². The fraction of sp³-hybridized carbons (Fsp3) is 0. The van der Waals surface area contributed by atoms with E-state index in [1.807, 2.05) is 36.5 Å². The van der Waals surface area contributed by atoms with Gasteiger partial charge in [-0.05, 0) is 17.7 Å². The predicted octanol–water partition coefficient (Wildman–Crippen LogP) is 3.24. The third-order valence-corrected chi connectivity index (χ3v) is 2.81. The van der Waals surface area contributed by atoms with Crippen molar-refractivity contribution in [1.82, 2.24) is 10.2 Å². The van der Waals surface area contributed by atoms with E-state index < -0.39 is 5.97 Å². The molecule has 0 fully saturated rings. The summed E-state index contributed by atoms with van der Waals surface area (Å²) >= 11 is 0. The first-order chi connectivity index (χ1) is 10.7. The van der Waals surface area contributed by atoms with Crippen molar-refractivity contribution in [2.24, 2.45) is 0 Å². The van der Waals surface area contributed by atoms with E-state index in [9.17, 15) is 4.79 Å². The molecule has 0 saturated heterocycles. The number of carboxylic acids is 1. The molecule has 0 amide bonds. The third kappa shape index (κ3) is 4.05. The van der Waals surface area contributed by atoms with Crippen molar-refractivity contribution in [3.05, 3.63) is 71.9 Å². The number of carboxylic acid groups (broad SMARTS) is 1. The molecule has 5 heteroatoms. The Labute approximate surface area is 127 Å². The van der Waals surface area contributed by atoms with Gasteiger partial charge in [0.1, 0.15) is 11.6 Å². The molecule has 0 saturated carbocycles. The Morgan fingerprint density at radius 2 is 1.82 bits per heavy atom. The van der Waals surface area contributed by atoms with Gasteiger partial charge in [-0.25, -0.2) is 4.79 Å². The van der Waals surface area contributed by atoms with Gasteiger partial charge in [-0.3, -0.25) is 5.10 Å². The maximum Gasteiger partial charge on any atom is 0.346 e. The van der Waals surface area contributed by atoms with Crippen LogP contribution in [0, 0.1) is 11.3 Å². The van der Waals surface area contributed by atoms with Crippen LogP contribution in [0.1, 0.15) is 5.56 Å². The number of aliphatic carboxylic acids is 1. The van der Waals surface area contributed by atoms with Gasteiger partial charge in [0.25, 0.3) is 0 Å². The van der Waals surface area contributed by atoms with Gasteiger partial charge in [0.2, 0.25) is 0 Å². The first-order valence-electron chi connectivity index (χ1n) is 6.49. The van der Waals surface area contributed by atoms with E-state index in [0.717, 1.165) is 10.9 Å². The van der Waals surface area contributed by atoms with Crippen molar-refractivity contribution < 1.29 is 9.90 Å². The minimum Gasteiger partial charge on any atom is -0.477 e. The summed E-state index contributed by atoms with van der Waals surface area (Å²) in [6, 6.07) is 18.5. The Morgan fingerprint density at radius 1 is 1.14 bits per heavy atom. The number of nitrogens with zero attached hydrogens (tertiary/aromatic N) is 2. The molecule has 3 aromatic rings. The number of para-hydroxylation sites is 1. The topological polar surface area (TPSA) is 89.8 Å². The summed E-state index contributed by atoms with van der Waals surface area (Å²) in [5.74, 6) is -1.20. The lowest BCUT2D eigenvalue weighted by molar-refractivity contribution is -0.132. The zero-order valence-electron chi connectivity index (χ0n) is 11.6. The summed E-state index contributed by atoms with van der Waals surface area (Å²) in [5, 5.41) is 24.9. The Balaban J connectivity index is 0.000000170. The molecule has 3 rings (SSSR count). The molecule has 5 nitrogen and oxygen atoms in total. The van der Waals surface area contributed by atoms with Gasteiger partial charge in [-0.15, -0.1) is 0 Å². The van der Waals surface area contributed by atoms with E-state index in [4.69, 9.17) is 10.4 Å². The number of rotatable bonds is 2. The molecule has 0 aliphatic carbocycles. The minimum atomic E-state index is -1.20. The van der Waals surface area contributed by atoms with Crippen LogP contribution in [0.5, 0.6) is 0 Å². The van der Waals surface area contributed by atoms with Gasteiger partial charge >= 0.3 is 5.97 Å². The standard InChI is InChI=1S/C10H7NO2.C7H6N2/c11-7-9(10(12)13)6-8-4-2-1-3-5-8;1-2-4-7-6(3-1)5-8-9-7/h1-6H,(H,12,13);1-5H,(H,8,9). The van der Waals surface area contributed by atoms with Crippen LogP contribution in [0.4, 0.5) is 0 Å². The zero-order chi connectivity index (χ0) is 15.8. The maximum atomic E-state index is 10.4. The highest BCUT2D eigenvalue weighted by atomic mass is 16.4. The summed E-state index contributed by atoms with van der Waals surface area (Å²) in [6.45, 7) is 0. The molecular weight excluding hydrogens is 278 g/mol. The number of nitrogens with one attached hydrogen (secondary N) is 1. The number of carbonyl (C=O) groups is 1. The second kappa shape index (κ2) is 7.41. The predicted molar refractivity (Wildman–Crippen MR) is 83.8 cm³/mol. The van der Waals surface area contributed by atoms with E-state index >= 15 is 0 Å². The molecule has 0 atom stereocenters. The molecule has 0 spiro atoms. The lowest BCUT2D eigenvalue weighted by Crippen LogP contribution is -1.97. The number of fused-ring (bicyclic) bond motifs is 1. The van der Waals surface area contributed by atoms with Crippen molar-refractivity contribution in [1.29, 1.82) is 5.26 Å². The van der Waals surface area contributed by atoms with Crippen LogP contribution in [0.3, 0.4) is 0 Å². The Hall–Kier alpha value is -3.39. The van der Waals surface area contributed by atoms with Gasteiger partial charge in [0.05, 0.1) is 11.7 Å². The van der Waals surface area contributed by atoms with E-state index in [1.54, 1.807) is 30.3 Å². The number of nitriles is 1. The van der Waals surface area contributed by atoms with Crippen LogP contribution < -0.4 is 0 Å². The quantitative estimate of drug-likeness (QED) is 0.560. The summed E-state index contributed by atoms with van der Waals surface area (Å²) in [4.78, 5) is 10.4. The molecule has 1 heterocycles. The van der Waals surface area contributed by atoms with E-state index in [0.29, 0.717) is 5.56 Å². The maximum absolute atomic E-state index is 10.4. The normalized spacial score (nSPS) is 10.4. The molecule has 0 bridgehead atoms. The summed E-state index contributed by atoms with van der Waals surface area (Å²) < 4.78 is 0. The Morgan fingerprint density at radius 3 is 2.45 bits per heavy atom. The van der Waals surface area contributed by atoms with Gasteiger partial charge in [0.15, 0.2) is 0 Å². The molecule has 0 aliphatic heterocycles. The molecule has 0 unspecified atom stereocenters. The average molecular weight is 291 g/mol. The summed E-state index contributed by atoms with van der Waals surface area (Å²) in [6.07, 6.45) is 3.15. The second-order valence-electron chi connectivity index (χ2n) is 4.34. The van der Waals surface area contributed by atoms with Crippen molar-refractivity contribution in [3.8, 4) is 6.07 Å². The second-order valence-corrected chi connectivity index (χ2v) is 4.34. The SMILES string of the molecule is N#CC(=Cc1ccccc1)C(=O)O.c1ccc2[nH]ncc2c1. The lowest BCUT2D eigenvalue weighted by Gasteiger charge is -1.91. The largest absolute Gasteiger partial charge is 0.477 e. The highest BCUT2D eigenvalue weighted by Gasteiger charge is 2.04. The number of aromatic nitrogens is 2. The minimum absolute atomic E-state index is 0.258. The summed E-state index contributed by atoms with van der Waals surface area (Å²) in [5.41, 5.74) is 1.55. The molecule has 108 valence electrons. The lowest BCUT2D eigenvalue weighted by atomic mass is 10.1. The first kappa shape index (κ1) is 15.0. The number of benzene rings is 2.